The van der Waals surface area contributed by atoms with E-state index in [9.17, 15) is 22.8 Å². The molecule has 0 aliphatic carbocycles. The van der Waals surface area contributed by atoms with Crippen LogP contribution in [0.25, 0.3) is 11.1 Å². The molecule has 0 aliphatic heterocycles. The van der Waals surface area contributed by atoms with Gasteiger partial charge in [0.25, 0.3) is 11.3 Å². The van der Waals surface area contributed by atoms with Crippen molar-refractivity contribution in [2.24, 2.45) is 0 Å². The van der Waals surface area contributed by atoms with Gasteiger partial charge in [-0.3, -0.25) is 14.2 Å². The van der Waals surface area contributed by atoms with Gasteiger partial charge in [-0.1, -0.05) is 24.2 Å². The first-order valence-corrected chi connectivity index (χ1v) is 8.47. The van der Waals surface area contributed by atoms with Crippen molar-refractivity contribution in [3.05, 3.63) is 51.7 Å². The summed E-state index contributed by atoms with van der Waals surface area (Å²) < 4.78 is 45.7. The van der Waals surface area contributed by atoms with Crippen molar-refractivity contribution < 1.29 is 22.5 Å². The van der Waals surface area contributed by atoms with Crippen molar-refractivity contribution in [1.82, 2.24) is 14.7 Å². The Hall–Kier alpha value is -3.17. The average molecular weight is 394 g/mol. The number of hydrogen-bond acceptors (Lipinski definition) is 5. The number of hydrogen-bond donors (Lipinski definition) is 1. The lowest BCUT2D eigenvalue weighted by Gasteiger charge is -2.21. The highest BCUT2D eigenvalue weighted by atomic mass is 19.4. The van der Waals surface area contributed by atoms with Gasteiger partial charge in [0.05, 0.1) is 16.9 Å². The lowest BCUT2D eigenvalue weighted by atomic mass is 10.1. The van der Waals surface area contributed by atoms with Gasteiger partial charge in [0.15, 0.2) is 0 Å². The summed E-state index contributed by atoms with van der Waals surface area (Å²) in [5, 5.41) is 6.12. The fourth-order valence-corrected chi connectivity index (χ4v) is 3.06. The van der Waals surface area contributed by atoms with Crippen LogP contribution in [0.2, 0.25) is 0 Å². The Labute approximate surface area is 157 Å². The van der Waals surface area contributed by atoms with Gasteiger partial charge in [-0.2, -0.15) is 18.2 Å². The standard InChI is InChI=1S/C18H17F3N4O3/c1-4-13(15(26)23-12-8-6-5-7-11(12)18(19,20)21)25-10(3)22-16-14(17(25)27)9(2)24-28-16/h5-8,13H,4H2,1-3H3,(H,23,26)/t13-/m0/s1. The van der Waals surface area contributed by atoms with E-state index in [-0.39, 0.29) is 29.0 Å². The Balaban J connectivity index is 2.04. The van der Waals surface area contributed by atoms with E-state index in [1.165, 1.54) is 19.1 Å². The van der Waals surface area contributed by atoms with Crippen LogP contribution >= 0.6 is 0 Å². The number of aromatic nitrogens is 3. The van der Waals surface area contributed by atoms with E-state index in [4.69, 9.17) is 4.52 Å². The third kappa shape index (κ3) is 3.37. The summed E-state index contributed by atoms with van der Waals surface area (Å²) in [4.78, 5) is 29.8. The van der Waals surface area contributed by atoms with E-state index in [0.717, 1.165) is 16.7 Å². The molecule has 1 aromatic carbocycles. The molecule has 0 saturated heterocycles. The van der Waals surface area contributed by atoms with E-state index in [0.29, 0.717) is 5.69 Å². The van der Waals surface area contributed by atoms with Crippen molar-refractivity contribution in [1.29, 1.82) is 0 Å². The summed E-state index contributed by atoms with van der Waals surface area (Å²) in [6, 6.07) is 3.60. The largest absolute Gasteiger partial charge is 0.418 e. The van der Waals surface area contributed by atoms with Gasteiger partial charge in [0.2, 0.25) is 5.91 Å². The lowest BCUT2D eigenvalue weighted by Crippen LogP contribution is -2.35. The summed E-state index contributed by atoms with van der Waals surface area (Å²) in [5.74, 6) is -0.556. The fourth-order valence-electron chi connectivity index (χ4n) is 3.06. The number of rotatable bonds is 4. The molecule has 1 amide bonds. The molecule has 0 radical (unpaired) electrons. The number of halogens is 3. The zero-order chi connectivity index (χ0) is 20.6. The second-order valence-corrected chi connectivity index (χ2v) is 6.24. The minimum Gasteiger partial charge on any atom is -0.335 e. The number of carbonyl (C=O) groups is 1. The fraction of sp³-hybridized carbons (Fsp3) is 0.333. The van der Waals surface area contributed by atoms with Crippen LogP contribution in [0.3, 0.4) is 0 Å². The van der Waals surface area contributed by atoms with Gasteiger partial charge in [0, 0.05) is 0 Å². The molecule has 0 unspecified atom stereocenters. The second kappa shape index (κ2) is 7.10. The number of aryl methyl sites for hydroxylation is 2. The molecule has 3 rings (SSSR count). The Morgan fingerprint density at radius 2 is 1.96 bits per heavy atom. The second-order valence-electron chi connectivity index (χ2n) is 6.24. The van der Waals surface area contributed by atoms with Crippen molar-refractivity contribution in [2.75, 3.05) is 5.32 Å². The maximum atomic E-state index is 13.2. The third-order valence-electron chi connectivity index (χ3n) is 4.38. The number of nitrogens with one attached hydrogen (secondary N) is 1. The van der Waals surface area contributed by atoms with Crippen molar-refractivity contribution in [3.63, 3.8) is 0 Å². The van der Waals surface area contributed by atoms with Crippen LogP contribution in [-0.4, -0.2) is 20.6 Å². The molecule has 0 saturated carbocycles. The number of carbonyl (C=O) groups excluding carboxylic acids is 1. The molecule has 148 valence electrons. The van der Waals surface area contributed by atoms with Gasteiger partial charge < -0.3 is 9.84 Å². The average Bonchev–Trinajstić information content (AvgIpc) is 2.98. The van der Waals surface area contributed by atoms with Gasteiger partial charge in [0.1, 0.15) is 17.3 Å². The van der Waals surface area contributed by atoms with Crippen LogP contribution in [0.5, 0.6) is 0 Å². The Kier molecular flexibility index (Phi) is 4.97. The predicted octanol–water partition coefficient (Wildman–Crippen LogP) is 3.61. The molecule has 0 fully saturated rings. The van der Waals surface area contributed by atoms with Crippen LogP contribution < -0.4 is 10.9 Å². The third-order valence-corrected chi connectivity index (χ3v) is 4.38. The molecule has 0 bridgehead atoms. The first-order chi connectivity index (χ1) is 13.1. The molecule has 10 heteroatoms. The summed E-state index contributed by atoms with van der Waals surface area (Å²) >= 11 is 0. The zero-order valence-electron chi connectivity index (χ0n) is 15.3. The van der Waals surface area contributed by atoms with Gasteiger partial charge in [-0.05, 0) is 32.4 Å². The number of para-hydroxylation sites is 1. The number of fused-ring (bicyclic) bond motifs is 1. The number of nitrogens with zero attached hydrogens (tertiary/aromatic N) is 3. The number of alkyl halides is 3. The number of anilines is 1. The van der Waals surface area contributed by atoms with Crippen LogP contribution in [0.1, 0.15) is 36.5 Å². The molecule has 1 atom stereocenters. The summed E-state index contributed by atoms with van der Waals surface area (Å²) in [6.45, 7) is 4.73. The van der Waals surface area contributed by atoms with Crippen molar-refractivity contribution in [3.8, 4) is 0 Å². The summed E-state index contributed by atoms with van der Waals surface area (Å²) in [5.41, 5.74) is -1.51. The van der Waals surface area contributed by atoms with Gasteiger partial charge >= 0.3 is 6.18 Å². The molecule has 2 aromatic heterocycles. The van der Waals surface area contributed by atoms with Crippen LogP contribution in [-0.2, 0) is 11.0 Å². The highest BCUT2D eigenvalue weighted by Crippen LogP contribution is 2.35. The van der Waals surface area contributed by atoms with E-state index < -0.39 is 29.2 Å². The highest BCUT2D eigenvalue weighted by molar-refractivity contribution is 5.94. The SMILES string of the molecule is CC[C@@H](C(=O)Nc1ccccc1C(F)(F)F)n1c(C)nc2onc(C)c2c1=O. The molecule has 0 aliphatic rings. The quantitative estimate of drug-likeness (QED) is 0.730. The molecular weight excluding hydrogens is 377 g/mol. The minimum absolute atomic E-state index is 0.0499. The number of amides is 1. The van der Waals surface area contributed by atoms with Crippen LogP contribution in [0.4, 0.5) is 18.9 Å². The van der Waals surface area contributed by atoms with Gasteiger partial charge in [-0.15, -0.1) is 0 Å². The molecular formula is C18H17F3N4O3. The van der Waals surface area contributed by atoms with Crippen LogP contribution in [0, 0.1) is 13.8 Å². The lowest BCUT2D eigenvalue weighted by molar-refractivity contribution is -0.137. The Bertz CT molecular complexity index is 1100. The van der Waals surface area contributed by atoms with Crippen molar-refractivity contribution in [2.45, 2.75) is 39.4 Å². The molecule has 3 aromatic rings. The highest BCUT2D eigenvalue weighted by Gasteiger charge is 2.34. The molecule has 28 heavy (non-hydrogen) atoms. The summed E-state index contributed by atoms with van der Waals surface area (Å²) in [6.07, 6.45) is -4.46. The van der Waals surface area contributed by atoms with Gasteiger partial charge in [-0.25, -0.2) is 0 Å². The Morgan fingerprint density at radius 3 is 2.61 bits per heavy atom. The topological polar surface area (TPSA) is 90.0 Å². The normalized spacial score (nSPS) is 12.9. The number of benzene rings is 1. The molecule has 7 nitrogen and oxygen atoms in total. The monoisotopic (exact) mass is 394 g/mol. The van der Waals surface area contributed by atoms with E-state index in [1.54, 1.807) is 13.8 Å². The summed E-state index contributed by atoms with van der Waals surface area (Å²) in [7, 11) is 0. The predicted molar refractivity (Wildman–Crippen MR) is 94.9 cm³/mol. The first-order valence-electron chi connectivity index (χ1n) is 8.47. The van der Waals surface area contributed by atoms with E-state index in [2.05, 4.69) is 15.5 Å². The Morgan fingerprint density at radius 1 is 1.29 bits per heavy atom. The van der Waals surface area contributed by atoms with E-state index in [1.807, 2.05) is 0 Å². The zero-order valence-corrected chi connectivity index (χ0v) is 15.3. The molecule has 1 N–H and O–H groups in total. The maximum absolute atomic E-state index is 13.2. The first kappa shape index (κ1) is 19.6. The molecule has 0 spiro atoms. The van der Waals surface area contributed by atoms with E-state index >= 15 is 0 Å². The van der Waals surface area contributed by atoms with Crippen LogP contribution in [0.15, 0.2) is 33.6 Å². The van der Waals surface area contributed by atoms with Crippen molar-refractivity contribution >= 4 is 22.7 Å². The smallest absolute Gasteiger partial charge is 0.335 e. The maximum Gasteiger partial charge on any atom is 0.418 e. The molecule has 2 heterocycles. The minimum atomic E-state index is -4.63.